The van der Waals surface area contributed by atoms with Crippen LogP contribution in [-0.4, -0.2) is 49.0 Å². The molecule has 1 atom stereocenters. The quantitative estimate of drug-likeness (QED) is 0.239. The molecule has 1 aromatic carbocycles. The van der Waals surface area contributed by atoms with Crippen LogP contribution < -0.4 is 16.4 Å². The van der Waals surface area contributed by atoms with Crippen molar-refractivity contribution in [2.75, 3.05) is 11.9 Å². The molecule has 0 bridgehead atoms. The first-order valence-electron chi connectivity index (χ1n) is 12.0. The number of hydrogen-bond donors (Lipinski definition) is 2. The van der Waals surface area contributed by atoms with Crippen LogP contribution in [0.25, 0.3) is 22.3 Å². The van der Waals surface area contributed by atoms with Gasteiger partial charge in [-0.1, -0.05) is 0 Å². The Balaban J connectivity index is 1.52. The molecule has 1 unspecified atom stereocenters. The second-order valence-electron chi connectivity index (χ2n) is 8.80. The highest BCUT2D eigenvalue weighted by Crippen LogP contribution is 2.32. The molecular formula is C24H19F8N7O3. The van der Waals surface area contributed by atoms with E-state index in [1.807, 2.05) is 0 Å². The highest BCUT2D eigenvalue weighted by atomic mass is 19.4. The Bertz CT molecular complexity index is 1660. The molecule has 0 amide bonds. The molecule has 0 aliphatic carbocycles. The second-order valence-corrected chi connectivity index (χ2v) is 8.80. The molecule has 0 aliphatic rings. The zero-order valence-electron chi connectivity index (χ0n) is 21.0. The lowest BCUT2D eigenvalue weighted by Crippen LogP contribution is -2.32. The molecule has 0 fully saturated rings. The van der Waals surface area contributed by atoms with Gasteiger partial charge in [-0.05, 0) is 25.0 Å². The van der Waals surface area contributed by atoms with E-state index in [0.717, 1.165) is 29.4 Å². The number of hydrogen-bond acceptors (Lipinski definition) is 8. The van der Waals surface area contributed by atoms with E-state index in [-0.39, 0.29) is 41.7 Å². The van der Waals surface area contributed by atoms with Gasteiger partial charge in [-0.15, -0.1) is 0 Å². The zero-order valence-corrected chi connectivity index (χ0v) is 21.0. The van der Waals surface area contributed by atoms with Crippen molar-refractivity contribution in [2.24, 2.45) is 0 Å². The van der Waals surface area contributed by atoms with Crippen molar-refractivity contribution in [3.63, 3.8) is 0 Å². The zero-order chi connectivity index (χ0) is 30.6. The standard InChI is InChI=1S/C24H19F8N7O3/c25-15-4-14-16(5-13(15)20-33-6-11(7-34-20)19(26)27)35-10-39(22(14)41)3-1-2-12(9-42-23(28)29)37-17-8-36-38-21(40)18(17)24(30,31)32/h4-8,10,12,19,23H,1-3,9H2,(H2,37,38,40). The number of fused-ring (bicyclic) bond motifs is 1. The van der Waals surface area contributed by atoms with E-state index in [0.29, 0.717) is 6.20 Å². The van der Waals surface area contributed by atoms with E-state index in [4.69, 9.17) is 0 Å². The summed E-state index contributed by atoms with van der Waals surface area (Å²) in [6.07, 6.45) is -4.50. The molecule has 0 aliphatic heterocycles. The fourth-order valence-electron chi connectivity index (χ4n) is 4.00. The SMILES string of the molecule is O=c1[nH]ncc(NC(CCCn2cnc3cc(-c4ncc(C(F)F)cn4)c(F)cc3c2=O)COC(F)F)c1C(F)(F)F. The number of ether oxygens (including phenoxy) is 1. The molecule has 2 N–H and O–H groups in total. The van der Waals surface area contributed by atoms with Crippen LogP contribution in [0.2, 0.25) is 0 Å². The Labute approximate surface area is 229 Å². The van der Waals surface area contributed by atoms with Crippen LogP contribution in [0.4, 0.5) is 40.8 Å². The first-order chi connectivity index (χ1) is 19.8. The van der Waals surface area contributed by atoms with Gasteiger partial charge in [-0.25, -0.2) is 33.2 Å². The third kappa shape index (κ3) is 7.04. The van der Waals surface area contributed by atoms with Crippen LogP contribution >= 0.6 is 0 Å². The number of aromatic nitrogens is 6. The molecule has 4 rings (SSSR count). The maximum Gasteiger partial charge on any atom is 0.423 e. The first kappa shape index (κ1) is 30.5. The number of alkyl halides is 7. The summed E-state index contributed by atoms with van der Waals surface area (Å²) in [7, 11) is 0. The van der Waals surface area contributed by atoms with Gasteiger partial charge >= 0.3 is 12.8 Å². The lowest BCUT2D eigenvalue weighted by Gasteiger charge is -2.22. The third-order valence-electron chi connectivity index (χ3n) is 5.95. The normalized spacial score (nSPS) is 12.8. The number of aryl methyl sites for hydroxylation is 1. The molecule has 18 heteroatoms. The Morgan fingerprint density at radius 1 is 1.02 bits per heavy atom. The number of benzene rings is 1. The van der Waals surface area contributed by atoms with Gasteiger partial charge in [0, 0.05) is 25.0 Å². The topological polar surface area (TPSA) is 128 Å². The van der Waals surface area contributed by atoms with Gasteiger partial charge in [0.2, 0.25) is 0 Å². The predicted molar refractivity (Wildman–Crippen MR) is 130 cm³/mol. The maximum absolute atomic E-state index is 14.8. The summed E-state index contributed by atoms with van der Waals surface area (Å²) in [5.74, 6) is -1.14. The summed E-state index contributed by atoms with van der Waals surface area (Å²) in [6.45, 7) is -4.08. The number of rotatable bonds is 11. The Morgan fingerprint density at radius 2 is 1.74 bits per heavy atom. The molecule has 0 radical (unpaired) electrons. The van der Waals surface area contributed by atoms with Gasteiger partial charge in [-0.3, -0.25) is 14.2 Å². The molecule has 4 aromatic rings. The average molecular weight is 605 g/mol. The monoisotopic (exact) mass is 605 g/mol. The minimum absolute atomic E-state index is 0.0280. The summed E-state index contributed by atoms with van der Waals surface area (Å²) in [6, 6.07) is 0.883. The lowest BCUT2D eigenvalue weighted by atomic mass is 10.1. The van der Waals surface area contributed by atoms with E-state index in [9.17, 15) is 44.7 Å². The summed E-state index contributed by atoms with van der Waals surface area (Å²) in [4.78, 5) is 36.2. The Kier molecular flexibility index (Phi) is 9.13. The van der Waals surface area contributed by atoms with Crippen molar-refractivity contribution >= 4 is 16.6 Å². The van der Waals surface area contributed by atoms with Gasteiger partial charge < -0.3 is 10.1 Å². The highest BCUT2D eigenvalue weighted by molar-refractivity contribution is 5.82. The van der Waals surface area contributed by atoms with Crippen LogP contribution in [0.3, 0.4) is 0 Å². The number of aromatic amines is 1. The van der Waals surface area contributed by atoms with Crippen molar-refractivity contribution in [1.82, 2.24) is 29.7 Å². The summed E-state index contributed by atoms with van der Waals surface area (Å²) >= 11 is 0. The number of H-pyrrole nitrogens is 1. The van der Waals surface area contributed by atoms with Crippen LogP contribution in [0.15, 0.2) is 46.6 Å². The fraction of sp³-hybridized carbons (Fsp3) is 0.333. The highest BCUT2D eigenvalue weighted by Gasteiger charge is 2.37. The van der Waals surface area contributed by atoms with E-state index in [1.165, 1.54) is 6.07 Å². The average Bonchev–Trinajstić information content (AvgIpc) is 2.92. The van der Waals surface area contributed by atoms with E-state index in [2.05, 4.69) is 30.1 Å². The van der Waals surface area contributed by atoms with Crippen LogP contribution in [0, 0.1) is 5.82 Å². The van der Waals surface area contributed by atoms with E-state index < -0.39 is 65.6 Å². The largest absolute Gasteiger partial charge is 0.423 e. The molecule has 224 valence electrons. The van der Waals surface area contributed by atoms with Gasteiger partial charge in [0.05, 0.1) is 46.8 Å². The maximum atomic E-state index is 14.8. The molecule has 42 heavy (non-hydrogen) atoms. The van der Waals surface area contributed by atoms with Crippen molar-refractivity contribution in [3.8, 4) is 11.4 Å². The third-order valence-corrected chi connectivity index (χ3v) is 5.95. The Morgan fingerprint density at radius 3 is 2.38 bits per heavy atom. The van der Waals surface area contributed by atoms with Crippen molar-refractivity contribution in [3.05, 3.63) is 74.7 Å². The van der Waals surface area contributed by atoms with Crippen molar-refractivity contribution < 1.29 is 39.9 Å². The molecule has 3 aromatic heterocycles. The lowest BCUT2D eigenvalue weighted by molar-refractivity contribution is -0.138. The van der Waals surface area contributed by atoms with Gasteiger partial charge in [0.1, 0.15) is 11.4 Å². The molecule has 0 saturated heterocycles. The molecule has 0 spiro atoms. The smallest absolute Gasteiger partial charge is 0.378 e. The number of nitrogens with one attached hydrogen (secondary N) is 2. The van der Waals surface area contributed by atoms with E-state index >= 15 is 0 Å². The summed E-state index contributed by atoms with van der Waals surface area (Å²) in [5, 5.41) is 7.17. The Hall–Kier alpha value is -4.48. The summed E-state index contributed by atoms with van der Waals surface area (Å²) in [5.41, 5.74) is -5.19. The van der Waals surface area contributed by atoms with E-state index in [1.54, 1.807) is 5.10 Å². The van der Waals surface area contributed by atoms with Gasteiger partial charge in [-0.2, -0.15) is 27.1 Å². The first-order valence-corrected chi connectivity index (χ1v) is 12.0. The second kappa shape index (κ2) is 12.6. The van der Waals surface area contributed by atoms with Crippen molar-refractivity contribution in [1.29, 1.82) is 0 Å². The number of halogens is 8. The molecule has 0 saturated carbocycles. The minimum Gasteiger partial charge on any atom is -0.378 e. The summed E-state index contributed by atoms with van der Waals surface area (Å²) < 4.78 is 111. The van der Waals surface area contributed by atoms with Crippen molar-refractivity contribution in [2.45, 2.75) is 44.6 Å². The fourth-order valence-corrected chi connectivity index (χ4v) is 4.00. The predicted octanol–water partition coefficient (Wildman–Crippen LogP) is 4.53. The van der Waals surface area contributed by atoms with Crippen LogP contribution in [-0.2, 0) is 17.5 Å². The molecule has 3 heterocycles. The number of anilines is 1. The molecule has 10 nitrogen and oxygen atoms in total. The number of nitrogens with zero attached hydrogens (tertiary/aromatic N) is 5. The van der Waals surface area contributed by atoms with Gasteiger partial charge in [0.15, 0.2) is 5.82 Å². The van der Waals surface area contributed by atoms with Gasteiger partial charge in [0.25, 0.3) is 17.5 Å². The van der Waals surface area contributed by atoms with Crippen LogP contribution in [0.5, 0.6) is 0 Å². The van der Waals surface area contributed by atoms with Crippen LogP contribution in [0.1, 0.15) is 30.4 Å². The minimum atomic E-state index is -5.08. The molecular weight excluding hydrogens is 586 g/mol.